The van der Waals surface area contributed by atoms with Crippen LogP contribution in [0.3, 0.4) is 0 Å². The SMILES string of the molecule is CSCCC(NC(=O)OC(C)(C)C)C(=O)N(C(C(=O)NC(C)(C)C)c1cc(C)ccc1C)C(C)(C)C. The van der Waals surface area contributed by atoms with Gasteiger partial charge in [0.15, 0.2) is 0 Å². The van der Waals surface area contributed by atoms with Gasteiger partial charge in [-0.05, 0) is 106 Å². The number of hydrogen-bond acceptors (Lipinski definition) is 5. The highest BCUT2D eigenvalue weighted by atomic mass is 32.2. The van der Waals surface area contributed by atoms with Crippen molar-refractivity contribution in [3.05, 3.63) is 34.9 Å². The molecule has 0 radical (unpaired) electrons. The molecule has 2 atom stereocenters. The number of ether oxygens (including phenoxy) is 1. The third-order valence-corrected chi connectivity index (χ3v) is 5.94. The van der Waals surface area contributed by atoms with Crippen LogP contribution in [0.1, 0.15) is 91.5 Å². The molecule has 3 amide bonds. The topological polar surface area (TPSA) is 87.7 Å². The number of thioether (sulfide) groups is 1. The van der Waals surface area contributed by atoms with Crippen LogP contribution >= 0.6 is 11.8 Å². The van der Waals surface area contributed by atoms with E-state index in [1.807, 2.05) is 79.8 Å². The van der Waals surface area contributed by atoms with E-state index in [0.717, 1.165) is 16.7 Å². The molecule has 1 aromatic carbocycles. The zero-order valence-corrected chi connectivity index (χ0v) is 25.1. The molecular weight excluding hydrogens is 474 g/mol. The normalized spacial score (nSPS) is 14.0. The number of hydrogen-bond donors (Lipinski definition) is 2. The Hall–Kier alpha value is -2.22. The predicted molar refractivity (Wildman–Crippen MR) is 149 cm³/mol. The molecule has 2 unspecified atom stereocenters. The number of nitrogens with one attached hydrogen (secondary N) is 2. The molecule has 2 N–H and O–H groups in total. The Labute approximate surface area is 222 Å². The Balaban J connectivity index is 3.66. The second-order valence-corrected chi connectivity index (χ2v) is 13.3. The number of alkyl carbamates (subject to hydrolysis) is 1. The molecule has 0 fully saturated rings. The largest absolute Gasteiger partial charge is 0.444 e. The number of rotatable bonds is 8. The van der Waals surface area contributed by atoms with E-state index >= 15 is 0 Å². The van der Waals surface area contributed by atoms with Crippen molar-refractivity contribution in [2.24, 2.45) is 0 Å². The molecule has 7 nitrogen and oxygen atoms in total. The summed E-state index contributed by atoms with van der Waals surface area (Å²) in [5.74, 6) is 0.0738. The van der Waals surface area contributed by atoms with Gasteiger partial charge in [0.1, 0.15) is 17.7 Å². The van der Waals surface area contributed by atoms with Crippen molar-refractivity contribution in [3.63, 3.8) is 0 Å². The van der Waals surface area contributed by atoms with Crippen molar-refractivity contribution >= 4 is 29.7 Å². The van der Waals surface area contributed by atoms with Gasteiger partial charge in [-0.3, -0.25) is 9.59 Å². The molecule has 1 rings (SSSR count). The highest BCUT2D eigenvalue weighted by Crippen LogP contribution is 2.33. The van der Waals surface area contributed by atoms with Gasteiger partial charge in [0.05, 0.1) is 0 Å². The molecule has 0 aromatic heterocycles. The Morgan fingerprint density at radius 2 is 1.58 bits per heavy atom. The first-order valence-electron chi connectivity index (χ1n) is 12.5. The van der Waals surface area contributed by atoms with Gasteiger partial charge in [0, 0.05) is 11.1 Å². The first-order valence-corrected chi connectivity index (χ1v) is 13.9. The summed E-state index contributed by atoms with van der Waals surface area (Å²) in [7, 11) is 0. The van der Waals surface area contributed by atoms with Crippen LogP contribution in [-0.4, -0.2) is 57.5 Å². The maximum absolute atomic E-state index is 14.2. The summed E-state index contributed by atoms with van der Waals surface area (Å²) >= 11 is 1.59. The molecule has 0 saturated carbocycles. The van der Waals surface area contributed by atoms with E-state index < -0.39 is 34.9 Å². The van der Waals surface area contributed by atoms with Crippen LogP contribution in [0.5, 0.6) is 0 Å². The number of aryl methyl sites for hydroxylation is 2. The molecular formula is C28H47N3O4S. The molecule has 0 aliphatic carbocycles. The lowest BCUT2D eigenvalue weighted by atomic mass is 9.91. The summed E-state index contributed by atoms with van der Waals surface area (Å²) in [6, 6.07) is 4.20. The minimum atomic E-state index is -0.881. The highest BCUT2D eigenvalue weighted by molar-refractivity contribution is 7.98. The molecule has 0 aliphatic rings. The molecule has 36 heavy (non-hydrogen) atoms. The standard InChI is InChI=1S/C28H47N3O4S/c1-18-13-14-19(2)20(17-18)22(23(32)30-26(3,4)5)31(27(6,7)8)24(33)21(15-16-36-12)29-25(34)35-28(9,10)11/h13-14,17,21-22H,15-16H2,1-12H3,(H,29,34)(H,30,32). The summed E-state index contributed by atoms with van der Waals surface area (Å²) in [5.41, 5.74) is 0.761. The van der Waals surface area contributed by atoms with E-state index in [1.54, 1.807) is 37.4 Å². The fraction of sp³-hybridized carbons (Fsp3) is 0.679. The molecule has 204 valence electrons. The average molecular weight is 522 g/mol. The van der Waals surface area contributed by atoms with Crippen molar-refractivity contribution in [2.45, 2.75) is 111 Å². The summed E-state index contributed by atoms with van der Waals surface area (Å²) in [5, 5.41) is 5.86. The number of carbonyl (C=O) groups is 3. The van der Waals surface area contributed by atoms with Gasteiger partial charge in [-0.2, -0.15) is 11.8 Å². The fourth-order valence-corrected chi connectivity index (χ4v) is 4.32. The molecule has 0 bridgehead atoms. The van der Waals surface area contributed by atoms with Gasteiger partial charge in [-0.15, -0.1) is 0 Å². The lowest BCUT2D eigenvalue weighted by Crippen LogP contribution is -2.59. The van der Waals surface area contributed by atoms with Crippen molar-refractivity contribution in [1.82, 2.24) is 15.5 Å². The average Bonchev–Trinajstić information content (AvgIpc) is 2.67. The maximum atomic E-state index is 14.2. The number of benzene rings is 1. The third kappa shape index (κ3) is 10.0. The third-order valence-electron chi connectivity index (χ3n) is 5.29. The zero-order chi connectivity index (χ0) is 28.1. The van der Waals surface area contributed by atoms with Crippen LogP contribution in [0.25, 0.3) is 0 Å². The molecule has 0 spiro atoms. The Kier molecular flexibility index (Phi) is 10.9. The van der Waals surface area contributed by atoms with Gasteiger partial charge in [-0.1, -0.05) is 23.8 Å². The monoisotopic (exact) mass is 521 g/mol. The number of carbonyl (C=O) groups excluding carboxylic acids is 3. The van der Waals surface area contributed by atoms with Gasteiger partial charge in [0.25, 0.3) is 0 Å². The summed E-state index contributed by atoms with van der Waals surface area (Å²) in [6.45, 7) is 20.7. The van der Waals surface area contributed by atoms with Crippen molar-refractivity contribution < 1.29 is 19.1 Å². The summed E-state index contributed by atoms with van der Waals surface area (Å²) < 4.78 is 5.45. The maximum Gasteiger partial charge on any atom is 0.408 e. The van der Waals surface area contributed by atoms with Crippen LogP contribution in [0, 0.1) is 13.8 Å². The zero-order valence-electron chi connectivity index (χ0n) is 24.3. The van der Waals surface area contributed by atoms with Crippen molar-refractivity contribution in [1.29, 1.82) is 0 Å². The van der Waals surface area contributed by atoms with E-state index in [4.69, 9.17) is 4.74 Å². The summed E-state index contributed by atoms with van der Waals surface area (Å²) in [6.07, 6.45) is 1.71. The minimum absolute atomic E-state index is 0.264. The lowest BCUT2D eigenvalue weighted by Gasteiger charge is -2.44. The van der Waals surface area contributed by atoms with E-state index in [0.29, 0.717) is 12.2 Å². The van der Waals surface area contributed by atoms with E-state index in [2.05, 4.69) is 10.6 Å². The van der Waals surface area contributed by atoms with E-state index in [9.17, 15) is 14.4 Å². The summed E-state index contributed by atoms with van der Waals surface area (Å²) in [4.78, 5) is 42.4. The molecule has 0 aliphatic heterocycles. The van der Waals surface area contributed by atoms with Crippen LogP contribution in [0.4, 0.5) is 4.79 Å². The second-order valence-electron chi connectivity index (χ2n) is 12.4. The predicted octanol–water partition coefficient (Wildman–Crippen LogP) is 5.53. The van der Waals surface area contributed by atoms with Gasteiger partial charge < -0.3 is 20.3 Å². The molecule has 1 aromatic rings. The van der Waals surface area contributed by atoms with Crippen LogP contribution in [-0.2, 0) is 14.3 Å². The quantitative estimate of drug-likeness (QED) is 0.469. The molecule has 0 heterocycles. The highest BCUT2D eigenvalue weighted by Gasteiger charge is 2.43. The second kappa shape index (κ2) is 12.3. The van der Waals surface area contributed by atoms with E-state index in [1.165, 1.54) is 0 Å². The van der Waals surface area contributed by atoms with E-state index in [-0.39, 0.29) is 11.8 Å². The molecule has 8 heteroatoms. The smallest absolute Gasteiger partial charge is 0.408 e. The fourth-order valence-electron chi connectivity index (χ4n) is 3.85. The number of nitrogens with zero attached hydrogens (tertiary/aromatic N) is 1. The van der Waals surface area contributed by atoms with Crippen LogP contribution in [0.15, 0.2) is 18.2 Å². The minimum Gasteiger partial charge on any atom is -0.444 e. The number of amides is 3. The van der Waals surface area contributed by atoms with Gasteiger partial charge in [-0.25, -0.2) is 4.79 Å². The Bertz CT molecular complexity index is 926. The lowest BCUT2D eigenvalue weighted by molar-refractivity contribution is -0.149. The Morgan fingerprint density at radius 1 is 1.00 bits per heavy atom. The van der Waals surface area contributed by atoms with Gasteiger partial charge in [0.2, 0.25) is 11.8 Å². The first-order chi connectivity index (χ1) is 16.3. The van der Waals surface area contributed by atoms with Crippen molar-refractivity contribution in [2.75, 3.05) is 12.0 Å². The Morgan fingerprint density at radius 3 is 2.06 bits per heavy atom. The van der Waals surface area contributed by atoms with Crippen LogP contribution in [0.2, 0.25) is 0 Å². The van der Waals surface area contributed by atoms with Crippen LogP contribution < -0.4 is 10.6 Å². The van der Waals surface area contributed by atoms with Crippen molar-refractivity contribution in [3.8, 4) is 0 Å². The molecule has 0 saturated heterocycles. The first kappa shape index (κ1) is 31.8. The van der Waals surface area contributed by atoms with Gasteiger partial charge >= 0.3 is 6.09 Å².